The van der Waals surface area contributed by atoms with Crippen molar-refractivity contribution >= 4 is 45.7 Å². The zero-order valence-corrected chi connectivity index (χ0v) is 23.2. The van der Waals surface area contributed by atoms with Gasteiger partial charge in [0.1, 0.15) is 28.5 Å². The lowest BCUT2D eigenvalue weighted by atomic mass is 10.2. The van der Waals surface area contributed by atoms with Gasteiger partial charge < -0.3 is 14.6 Å². The Hall–Kier alpha value is -5.01. The van der Waals surface area contributed by atoms with Crippen molar-refractivity contribution in [1.82, 2.24) is 9.78 Å². The van der Waals surface area contributed by atoms with Gasteiger partial charge in [-0.1, -0.05) is 54.6 Å². The molecule has 0 fully saturated rings. The quantitative estimate of drug-likeness (QED) is 0.0873. The van der Waals surface area contributed by atoms with Crippen molar-refractivity contribution in [1.29, 1.82) is 0 Å². The molecule has 0 aliphatic heterocycles. The smallest absolute Gasteiger partial charge is 0.338 e. The molecule has 1 atom stereocenters. The molecule has 0 aliphatic rings. The molecule has 9 nitrogen and oxygen atoms in total. The number of ether oxygens (including phenoxy) is 2. The number of non-ortho nitro benzene ring substituents is 1. The van der Waals surface area contributed by atoms with Gasteiger partial charge in [-0.15, -0.1) is 0 Å². The van der Waals surface area contributed by atoms with Crippen LogP contribution in [0.4, 0.5) is 5.69 Å². The summed E-state index contributed by atoms with van der Waals surface area (Å²) < 4.78 is 12.1. The summed E-state index contributed by atoms with van der Waals surface area (Å²) in [5.41, 5.74) is 0.295. The van der Waals surface area contributed by atoms with Crippen LogP contribution in [0.5, 0.6) is 0 Å². The fourth-order valence-electron chi connectivity index (χ4n) is 5.15. The number of hydrogen-bond acceptors (Lipinski definition) is 7. The third kappa shape index (κ3) is 4.81. The van der Waals surface area contributed by atoms with Crippen molar-refractivity contribution in [2.45, 2.75) is 6.04 Å². The van der Waals surface area contributed by atoms with Crippen molar-refractivity contribution in [2.24, 2.45) is 0 Å². The van der Waals surface area contributed by atoms with Crippen molar-refractivity contribution in [3.05, 3.63) is 137 Å². The number of fused-ring (bicyclic) bond motifs is 1. The minimum atomic E-state index is -3.13. The molecule has 0 N–H and O–H groups in total. The van der Waals surface area contributed by atoms with Crippen molar-refractivity contribution in [3.63, 3.8) is 0 Å². The Morgan fingerprint density at radius 3 is 1.78 bits per heavy atom. The maximum absolute atomic E-state index is 14.1. The number of aromatic nitrogens is 2. The fourth-order valence-corrected chi connectivity index (χ4v) is 9.69. The molecule has 1 heterocycles. The van der Waals surface area contributed by atoms with E-state index < -0.39 is 30.1 Å². The highest BCUT2D eigenvalue weighted by Crippen LogP contribution is 2.66. The van der Waals surface area contributed by atoms with Crippen molar-refractivity contribution in [2.75, 3.05) is 14.2 Å². The lowest BCUT2D eigenvalue weighted by molar-refractivity contribution is -0.384. The first-order chi connectivity index (χ1) is 19.9. The summed E-state index contributed by atoms with van der Waals surface area (Å²) in [5.74, 6) is -1.43. The van der Waals surface area contributed by atoms with E-state index in [9.17, 15) is 20.0 Å². The molecule has 1 aromatic heterocycles. The van der Waals surface area contributed by atoms with E-state index >= 15 is 0 Å². The molecule has 0 amide bonds. The maximum atomic E-state index is 14.1. The number of nitro groups is 1. The van der Waals surface area contributed by atoms with Gasteiger partial charge in [0.25, 0.3) is 5.69 Å². The van der Waals surface area contributed by atoms with Gasteiger partial charge in [0.05, 0.1) is 29.7 Å². The second-order valence-corrected chi connectivity index (χ2v) is 12.4. The Bertz CT molecular complexity index is 1630. The molecular weight excluding hydrogens is 541 g/mol. The summed E-state index contributed by atoms with van der Waals surface area (Å²) in [6.45, 7) is 0. The number of hydrogen-bond donors (Lipinski definition) is 0. The molecule has 0 radical (unpaired) electrons. The molecule has 206 valence electrons. The number of nitro benzene ring substituents is 1. The number of carbonyl (C=O) groups excluding carboxylic acids is 1. The van der Waals surface area contributed by atoms with Crippen LogP contribution in [0.1, 0.15) is 6.04 Å². The van der Waals surface area contributed by atoms with Gasteiger partial charge >= 0.3 is 5.97 Å². The van der Waals surface area contributed by atoms with Crippen LogP contribution < -0.4 is 21.0 Å². The molecular formula is C31H26N3O6P. The number of rotatable bonds is 9. The van der Waals surface area contributed by atoms with Crippen LogP contribution in [0.15, 0.2) is 127 Å². The average Bonchev–Trinajstić information content (AvgIpc) is 3.44. The number of benzene rings is 4. The van der Waals surface area contributed by atoms with E-state index in [1.54, 1.807) is 0 Å². The van der Waals surface area contributed by atoms with E-state index in [2.05, 4.69) is 5.10 Å². The second-order valence-electron chi connectivity index (χ2n) is 9.07. The lowest BCUT2D eigenvalue weighted by Gasteiger charge is -2.34. The maximum Gasteiger partial charge on any atom is 0.338 e. The highest BCUT2D eigenvalue weighted by Gasteiger charge is 2.56. The Kier molecular flexibility index (Phi) is 7.81. The van der Waals surface area contributed by atoms with Crippen LogP contribution in [-0.2, 0) is 14.3 Å². The first kappa shape index (κ1) is 27.6. The van der Waals surface area contributed by atoms with Crippen LogP contribution in [0.3, 0.4) is 0 Å². The predicted octanol–water partition coefficient (Wildman–Crippen LogP) is 3.83. The van der Waals surface area contributed by atoms with Crippen LogP contribution in [0.25, 0.3) is 10.9 Å². The number of methoxy groups -OCH3 is 2. The van der Waals surface area contributed by atoms with Gasteiger partial charge in [0.15, 0.2) is 0 Å². The first-order valence-corrected chi connectivity index (χ1v) is 14.4. The predicted molar refractivity (Wildman–Crippen MR) is 157 cm³/mol. The molecule has 0 saturated heterocycles. The first-order valence-electron chi connectivity index (χ1n) is 12.6. The third-order valence-corrected chi connectivity index (χ3v) is 11.3. The second kappa shape index (κ2) is 11.6. The van der Waals surface area contributed by atoms with E-state index in [1.807, 2.05) is 91.0 Å². The van der Waals surface area contributed by atoms with Gasteiger partial charge in [0, 0.05) is 17.5 Å². The number of esters is 1. The summed E-state index contributed by atoms with van der Waals surface area (Å²) in [6.07, 6.45) is 1.43. The standard InChI is InChI=1S/C31H26N3O6P/c1-39-30(35)28(33-27-19-18-23(34(37)38)20-22(27)21-32-33)29(31(36)40-2)41(24-12-6-3-7-13-24,25-14-8-4-9-15-25)26-16-10-5-11-17-26/h3-21,28H,1-2H3/b31-29+. The van der Waals surface area contributed by atoms with Gasteiger partial charge in [0.2, 0.25) is 6.04 Å². The molecule has 5 rings (SSSR count). The Morgan fingerprint density at radius 2 is 1.34 bits per heavy atom. The molecule has 5 aromatic rings. The highest BCUT2D eigenvalue weighted by atomic mass is 31.2. The monoisotopic (exact) mass is 567 g/mol. The molecule has 1 unspecified atom stereocenters. The summed E-state index contributed by atoms with van der Waals surface area (Å²) in [7, 11) is -0.612. The Balaban J connectivity index is 1.94. The summed E-state index contributed by atoms with van der Waals surface area (Å²) >= 11 is 0. The van der Waals surface area contributed by atoms with Crippen LogP contribution >= 0.6 is 7.26 Å². The summed E-state index contributed by atoms with van der Waals surface area (Å²) in [5, 5.41) is 33.1. The Morgan fingerprint density at radius 1 is 0.829 bits per heavy atom. The summed E-state index contributed by atoms with van der Waals surface area (Å²) in [4.78, 5) is 24.7. The van der Waals surface area contributed by atoms with Gasteiger partial charge in [-0.3, -0.25) is 10.1 Å². The molecule has 0 bridgehead atoms. The van der Waals surface area contributed by atoms with Crippen molar-refractivity contribution in [3.8, 4) is 0 Å². The molecule has 0 spiro atoms. The lowest BCUT2D eigenvalue weighted by Crippen LogP contribution is -2.39. The minimum absolute atomic E-state index is 0.122. The molecule has 41 heavy (non-hydrogen) atoms. The SMILES string of the molecule is COC(=O)C(/C(=C(/[O-])OC)[P+](c1ccccc1)(c1ccccc1)c1ccccc1)n1ncc2cc([N+](=O)[O-])ccc21. The molecule has 10 heteroatoms. The average molecular weight is 568 g/mol. The third-order valence-electron chi connectivity index (χ3n) is 6.90. The van der Waals surface area contributed by atoms with Crippen LogP contribution in [0, 0.1) is 10.1 Å². The van der Waals surface area contributed by atoms with E-state index in [0.29, 0.717) is 10.9 Å². The van der Waals surface area contributed by atoms with E-state index in [-0.39, 0.29) is 11.0 Å². The van der Waals surface area contributed by atoms with Gasteiger partial charge in [-0.05, 0) is 49.6 Å². The minimum Gasteiger partial charge on any atom is -0.614 e. The zero-order chi connectivity index (χ0) is 29.0. The topological polar surface area (TPSA) is 120 Å². The fraction of sp³-hybridized carbons (Fsp3) is 0.0968. The normalized spacial score (nSPS) is 12.8. The van der Waals surface area contributed by atoms with Gasteiger partial charge in [-0.25, -0.2) is 9.48 Å². The highest BCUT2D eigenvalue weighted by molar-refractivity contribution is 7.99. The molecule has 0 saturated carbocycles. The molecule has 4 aromatic carbocycles. The van der Waals surface area contributed by atoms with E-state index in [4.69, 9.17) is 9.47 Å². The van der Waals surface area contributed by atoms with Crippen molar-refractivity contribution < 1.29 is 24.3 Å². The summed E-state index contributed by atoms with van der Waals surface area (Å²) in [6, 6.07) is 31.5. The number of carbonyl (C=O) groups is 1. The van der Waals surface area contributed by atoms with Crippen LogP contribution in [-0.4, -0.2) is 34.9 Å². The molecule has 0 aliphatic carbocycles. The largest absolute Gasteiger partial charge is 0.614 e. The van der Waals surface area contributed by atoms with E-state index in [0.717, 1.165) is 15.9 Å². The van der Waals surface area contributed by atoms with Crippen LogP contribution in [0.2, 0.25) is 0 Å². The zero-order valence-electron chi connectivity index (χ0n) is 22.3. The number of nitrogens with zero attached hydrogens (tertiary/aromatic N) is 3. The Labute approximate surface area is 236 Å². The van der Waals surface area contributed by atoms with E-state index in [1.165, 1.54) is 43.3 Å². The van der Waals surface area contributed by atoms with Gasteiger partial charge in [-0.2, -0.15) is 5.10 Å².